The van der Waals surface area contributed by atoms with Gasteiger partial charge in [-0.05, 0) is 38.7 Å². The summed E-state index contributed by atoms with van der Waals surface area (Å²) in [5.74, 6) is -2.60. The van der Waals surface area contributed by atoms with E-state index < -0.39 is 35.7 Å². The molecule has 1 rings (SSSR count). The van der Waals surface area contributed by atoms with Crippen LogP contribution in [0.2, 0.25) is 0 Å². The van der Waals surface area contributed by atoms with Gasteiger partial charge in [0.1, 0.15) is 6.10 Å². The standard InChI is InChI=1S/C28H45NO8/c1-7-15-29(6)27(34)36-18-19(2)9-8-10-20(3)26-21(4)11-12-22(16-24(31)32)28(5,35)14-13-23(30)17-25(33)37-26/h8-12,19,21-23,26,30,35H,7,13-18H2,1-6H3,(H,31,32)/b9-8+,12-11+,20-10+/t19-,21-,22+,23-,26+,28-/m0/s1. The summed E-state index contributed by atoms with van der Waals surface area (Å²) in [5.41, 5.74) is -0.603. The van der Waals surface area contributed by atoms with E-state index in [1.807, 2.05) is 45.9 Å². The molecule has 1 heterocycles. The Morgan fingerprint density at radius 3 is 2.65 bits per heavy atom. The van der Waals surface area contributed by atoms with Gasteiger partial charge in [0.2, 0.25) is 0 Å². The maximum Gasteiger partial charge on any atom is 0.409 e. The second-order valence-electron chi connectivity index (χ2n) is 10.4. The first-order valence-corrected chi connectivity index (χ1v) is 13.0. The van der Waals surface area contributed by atoms with Crippen molar-refractivity contribution in [3.63, 3.8) is 0 Å². The minimum atomic E-state index is -1.35. The van der Waals surface area contributed by atoms with Crippen LogP contribution >= 0.6 is 0 Å². The van der Waals surface area contributed by atoms with Gasteiger partial charge >= 0.3 is 18.0 Å². The van der Waals surface area contributed by atoms with Gasteiger partial charge in [0.25, 0.3) is 0 Å². The molecule has 6 atom stereocenters. The van der Waals surface area contributed by atoms with Crippen LogP contribution in [0.5, 0.6) is 0 Å². The third-order valence-corrected chi connectivity index (χ3v) is 6.55. The average molecular weight is 524 g/mol. The number of carboxylic acid groups (broad SMARTS) is 1. The molecule has 0 saturated heterocycles. The predicted molar refractivity (Wildman–Crippen MR) is 141 cm³/mol. The average Bonchev–Trinajstić information content (AvgIpc) is 2.81. The number of cyclic esters (lactones) is 1. The fraction of sp³-hybridized carbons (Fsp3) is 0.679. The molecule has 1 aliphatic rings. The van der Waals surface area contributed by atoms with Crippen LogP contribution in [0.15, 0.2) is 36.0 Å². The zero-order valence-electron chi connectivity index (χ0n) is 23.1. The highest BCUT2D eigenvalue weighted by atomic mass is 16.6. The number of carboxylic acids is 1. The van der Waals surface area contributed by atoms with Gasteiger partial charge in [0, 0.05) is 31.3 Å². The van der Waals surface area contributed by atoms with Crippen molar-refractivity contribution in [3.8, 4) is 0 Å². The van der Waals surface area contributed by atoms with Gasteiger partial charge in [0.15, 0.2) is 0 Å². The molecule has 37 heavy (non-hydrogen) atoms. The van der Waals surface area contributed by atoms with Gasteiger partial charge in [0.05, 0.1) is 31.2 Å². The Morgan fingerprint density at radius 2 is 2.03 bits per heavy atom. The SMILES string of the molecule is CCCN(C)C(=O)OC[C@@H](C)/C=C/C=C(\C)[C@H]1OC(=O)C[C@@H](O)CC[C@](C)(O)[C@@H](CC(=O)O)/C=C/[C@@H]1C. The summed E-state index contributed by atoms with van der Waals surface area (Å²) >= 11 is 0. The maximum absolute atomic E-state index is 12.5. The summed E-state index contributed by atoms with van der Waals surface area (Å²) in [7, 11) is 1.70. The van der Waals surface area contributed by atoms with Gasteiger partial charge in [-0.1, -0.05) is 51.2 Å². The molecule has 0 saturated carbocycles. The Morgan fingerprint density at radius 1 is 1.35 bits per heavy atom. The molecular formula is C28H45NO8. The number of rotatable bonds is 9. The van der Waals surface area contributed by atoms with E-state index in [-0.39, 0.29) is 50.2 Å². The molecule has 1 amide bonds. The third kappa shape index (κ3) is 12.0. The van der Waals surface area contributed by atoms with Gasteiger partial charge in [-0.15, -0.1) is 0 Å². The third-order valence-electron chi connectivity index (χ3n) is 6.55. The van der Waals surface area contributed by atoms with Crippen LogP contribution < -0.4 is 0 Å². The first-order chi connectivity index (χ1) is 17.3. The topological polar surface area (TPSA) is 134 Å². The number of hydrogen-bond donors (Lipinski definition) is 3. The largest absolute Gasteiger partial charge is 0.481 e. The zero-order valence-corrected chi connectivity index (χ0v) is 23.1. The fourth-order valence-electron chi connectivity index (χ4n) is 4.12. The van der Waals surface area contributed by atoms with E-state index in [0.29, 0.717) is 6.54 Å². The lowest BCUT2D eigenvalue weighted by molar-refractivity contribution is -0.151. The monoisotopic (exact) mass is 523 g/mol. The maximum atomic E-state index is 12.5. The lowest BCUT2D eigenvalue weighted by Gasteiger charge is -2.32. The van der Waals surface area contributed by atoms with E-state index in [2.05, 4.69) is 0 Å². The van der Waals surface area contributed by atoms with Crippen molar-refractivity contribution >= 4 is 18.0 Å². The van der Waals surface area contributed by atoms with Gasteiger partial charge in [-0.25, -0.2) is 4.79 Å². The first-order valence-electron chi connectivity index (χ1n) is 13.0. The molecule has 0 aromatic heterocycles. The molecule has 0 aromatic carbocycles. The normalized spacial score (nSPS) is 29.5. The highest BCUT2D eigenvalue weighted by Crippen LogP contribution is 2.30. The number of aliphatic carboxylic acids is 1. The second kappa shape index (κ2) is 15.6. The molecule has 0 bridgehead atoms. The van der Waals surface area contributed by atoms with Gasteiger partial charge < -0.3 is 29.7 Å². The van der Waals surface area contributed by atoms with E-state index in [4.69, 9.17) is 9.47 Å². The predicted octanol–water partition coefficient (Wildman–Crippen LogP) is 4.09. The minimum Gasteiger partial charge on any atom is -0.481 e. The molecule has 9 heteroatoms. The van der Waals surface area contributed by atoms with E-state index in [1.165, 1.54) is 4.90 Å². The molecular weight excluding hydrogens is 478 g/mol. The summed E-state index contributed by atoms with van der Waals surface area (Å²) in [6, 6.07) is 0. The molecule has 3 N–H and O–H groups in total. The molecule has 9 nitrogen and oxygen atoms in total. The number of aliphatic hydroxyl groups excluding tert-OH is 1. The Balaban J connectivity index is 3.03. The van der Waals surface area contributed by atoms with Crippen LogP contribution in [0.3, 0.4) is 0 Å². The fourth-order valence-corrected chi connectivity index (χ4v) is 4.12. The van der Waals surface area contributed by atoms with Crippen molar-refractivity contribution in [1.29, 1.82) is 0 Å². The summed E-state index contributed by atoms with van der Waals surface area (Å²) in [4.78, 5) is 37.4. The summed E-state index contributed by atoms with van der Waals surface area (Å²) in [5, 5.41) is 30.5. The highest BCUT2D eigenvalue weighted by Gasteiger charge is 2.34. The zero-order chi connectivity index (χ0) is 28.2. The summed E-state index contributed by atoms with van der Waals surface area (Å²) in [6.45, 7) is 9.99. The van der Waals surface area contributed by atoms with Crippen LogP contribution in [0.4, 0.5) is 4.79 Å². The number of carbonyl (C=O) groups excluding carboxylic acids is 2. The van der Waals surface area contributed by atoms with E-state index in [1.54, 1.807) is 26.1 Å². The Hall–Kier alpha value is -2.65. The smallest absolute Gasteiger partial charge is 0.409 e. The number of aliphatic hydroxyl groups is 2. The molecule has 0 aromatic rings. The molecule has 0 aliphatic carbocycles. The van der Waals surface area contributed by atoms with Crippen LogP contribution in [-0.2, 0) is 19.1 Å². The number of esters is 1. The summed E-state index contributed by atoms with van der Waals surface area (Å²) < 4.78 is 11.0. The molecule has 0 spiro atoms. The van der Waals surface area contributed by atoms with Crippen LogP contribution in [0.25, 0.3) is 0 Å². The van der Waals surface area contributed by atoms with Gasteiger partial charge in [-0.3, -0.25) is 9.59 Å². The first kappa shape index (κ1) is 32.4. The van der Waals surface area contributed by atoms with Crippen LogP contribution in [-0.4, -0.2) is 76.3 Å². The number of hydrogen-bond acceptors (Lipinski definition) is 7. The van der Waals surface area contributed by atoms with Crippen molar-refractivity contribution in [3.05, 3.63) is 36.0 Å². The number of nitrogens with zero attached hydrogens (tertiary/aromatic N) is 1. The second-order valence-corrected chi connectivity index (χ2v) is 10.4. The van der Waals surface area contributed by atoms with Crippen LogP contribution in [0.1, 0.15) is 66.7 Å². The number of amides is 1. The highest BCUT2D eigenvalue weighted by molar-refractivity contribution is 5.70. The lowest BCUT2D eigenvalue weighted by atomic mass is 9.80. The number of ether oxygens (including phenoxy) is 2. The van der Waals surface area contributed by atoms with Crippen molar-refractivity contribution < 1.29 is 39.2 Å². The van der Waals surface area contributed by atoms with Crippen molar-refractivity contribution in [2.24, 2.45) is 17.8 Å². The Labute approximate surface area is 220 Å². The molecule has 210 valence electrons. The number of allylic oxidation sites excluding steroid dienone is 2. The number of carbonyl (C=O) groups is 3. The lowest BCUT2D eigenvalue weighted by Crippen LogP contribution is -2.37. The van der Waals surface area contributed by atoms with Crippen LogP contribution in [0, 0.1) is 17.8 Å². The Kier molecular flexibility index (Phi) is 13.6. The molecule has 1 aliphatic heterocycles. The molecule has 0 radical (unpaired) electrons. The van der Waals surface area contributed by atoms with Crippen molar-refractivity contribution in [1.82, 2.24) is 4.90 Å². The molecule has 0 fully saturated rings. The molecule has 0 unspecified atom stereocenters. The van der Waals surface area contributed by atoms with E-state index in [9.17, 15) is 29.7 Å². The van der Waals surface area contributed by atoms with Crippen molar-refractivity contribution in [2.75, 3.05) is 20.2 Å². The van der Waals surface area contributed by atoms with E-state index in [0.717, 1.165) is 12.0 Å². The minimum absolute atomic E-state index is 0.0339. The quantitative estimate of drug-likeness (QED) is 0.234. The van der Waals surface area contributed by atoms with Gasteiger partial charge in [-0.2, -0.15) is 0 Å². The van der Waals surface area contributed by atoms with E-state index >= 15 is 0 Å². The summed E-state index contributed by atoms with van der Waals surface area (Å²) in [6.07, 6.45) is 7.60. The van der Waals surface area contributed by atoms with Crippen molar-refractivity contribution in [2.45, 2.75) is 84.5 Å². The Bertz CT molecular complexity index is 847.